The number of rotatable bonds is 10. The second kappa shape index (κ2) is 9.78. The normalized spacial score (nSPS) is 15.8. The quantitative estimate of drug-likeness (QED) is 0.314. The number of nitrogens with one attached hydrogen (secondary N) is 2. The Kier molecular flexibility index (Phi) is 8.86. The zero-order valence-electron chi connectivity index (χ0n) is 13.8. The van der Waals surface area contributed by atoms with Gasteiger partial charge >= 0.3 is 0 Å². The Balaban J connectivity index is 5.04. The third-order valence-electron chi connectivity index (χ3n) is 3.54. The van der Waals surface area contributed by atoms with Crippen LogP contribution in [0.25, 0.3) is 0 Å². The van der Waals surface area contributed by atoms with Crippen LogP contribution < -0.4 is 27.8 Å². The summed E-state index contributed by atoms with van der Waals surface area (Å²) in [6.07, 6.45) is 0.541. The molecule has 0 radical (unpaired) electrons. The maximum Gasteiger partial charge on any atom is 0.243 e. The molecule has 0 aromatic rings. The Morgan fingerprint density at radius 3 is 1.96 bits per heavy atom. The van der Waals surface area contributed by atoms with Crippen molar-refractivity contribution in [3.63, 3.8) is 0 Å². The summed E-state index contributed by atoms with van der Waals surface area (Å²) in [4.78, 5) is 46.4. The van der Waals surface area contributed by atoms with Gasteiger partial charge in [0.2, 0.25) is 23.6 Å². The van der Waals surface area contributed by atoms with Gasteiger partial charge in [-0.15, -0.1) is 0 Å². The first-order valence-corrected chi connectivity index (χ1v) is 7.54. The lowest BCUT2D eigenvalue weighted by Crippen LogP contribution is -2.56. The first kappa shape index (κ1) is 20.8. The van der Waals surface area contributed by atoms with E-state index in [0.717, 1.165) is 0 Å². The lowest BCUT2D eigenvalue weighted by molar-refractivity contribution is -0.132. The predicted molar refractivity (Wildman–Crippen MR) is 84.6 cm³/mol. The zero-order chi connectivity index (χ0) is 18.2. The van der Waals surface area contributed by atoms with E-state index in [4.69, 9.17) is 17.2 Å². The van der Waals surface area contributed by atoms with E-state index in [0.29, 0.717) is 6.42 Å². The van der Waals surface area contributed by atoms with Crippen LogP contribution in [-0.2, 0) is 19.2 Å². The van der Waals surface area contributed by atoms with Crippen molar-refractivity contribution in [1.29, 1.82) is 0 Å². The SMILES string of the molecule is CC[C@H](C)[C@H](NC(=O)[C@H](CCC(N)=O)NC(=O)[C@H](C)N)C(N)=O. The van der Waals surface area contributed by atoms with Crippen molar-refractivity contribution in [1.82, 2.24) is 10.6 Å². The minimum atomic E-state index is -1.02. The van der Waals surface area contributed by atoms with Gasteiger partial charge in [0.1, 0.15) is 12.1 Å². The van der Waals surface area contributed by atoms with Crippen LogP contribution in [0.15, 0.2) is 0 Å². The molecule has 9 nitrogen and oxygen atoms in total. The summed E-state index contributed by atoms with van der Waals surface area (Å²) in [5.41, 5.74) is 15.8. The largest absolute Gasteiger partial charge is 0.370 e. The molecule has 0 unspecified atom stereocenters. The van der Waals surface area contributed by atoms with E-state index in [1.165, 1.54) is 6.92 Å². The van der Waals surface area contributed by atoms with Crippen LogP contribution in [0.4, 0.5) is 0 Å². The van der Waals surface area contributed by atoms with E-state index in [9.17, 15) is 19.2 Å². The fraction of sp³-hybridized carbons (Fsp3) is 0.714. The second-order valence-corrected chi connectivity index (χ2v) is 5.63. The third-order valence-corrected chi connectivity index (χ3v) is 3.54. The molecule has 0 bridgehead atoms. The Labute approximate surface area is 135 Å². The zero-order valence-corrected chi connectivity index (χ0v) is 13.8. The molecule has 0 aromatic heterocycles. The monoisotopic (exact) mass is 329 g/mol. The molecule has 0 saturated heterocycles. The minimum Gasteiger partial charge on any atom is -0.370 e. The van der Waals surface area contributed by atoms with Crippen molar-refractivity contribution in [2.24, 2.45) is 23.1 Å². The average molecular weight is 329 g/mol. The van der Waals surface area contributed by atoms with Crippen LogP contribution in [0, 0.1) is 5.92 Å². The smallest absolute Gasteiger partial charge is 0.243 e. The number of primary amides is 2. The van der Waals surface area contributed by atoms with Gasteiger partial charge < -0.3 is 27.8 Å². The van der Waals surface area contributed by atoms with Crippen molar-refractivity contribution in [2.75, 3.05) is 0 Å². The highest BCUT2D eigenvalue weighted by atomic mass is 16.2. The topological polar surface area (TPSA) is 170 Å². The number of hydrogen-bond donors (Lipinski definition) is 5. The predicted octanol–water partition coefficient (Wildman–Crippen LogP) is -1.90. The molecule has 4 atom stereocenters. The lowest BCUT2D eigenvalue weighted by atomic mass is 9.98. The highest BCUT2D eigenvalue weighted by Crippen LogP contribution is 2.08. The van der Waals surface area contributed by atoms with Gasteiger partial charge in [0, 0.05) is 6.42 Å². The highest BCUT2D eigenvalue weighted by Gasteiger charge is 2.29. The molecule has 0 fully saturated rings. The third kappa shape index (κ3) is 7.59. The van der Waals surface area contributed by atoms with Crippen LogP contribution in [0.1, 0.15) is 40.0 Å². The molecule has 132 valence electrons. The summed E-state index contributed by atoms with van der Waals surface area (Å²) in [6, 6.07) is -2.71. The molecule has 0 aliphatic rings. The Bertz CT molecular complexity index is 452. The van der Waals surface area contributed by atoms with E-state index in [2.05, 4.69) is 10.6 Å². The summed E-state index contributed by atoms with van der Waals surface area (Å²) in [7, 11) is 0. The fourth-order valence-corrected chi connectivity index (χ4v) is 1.84. The molecule has 0 aliphatic heterocycles. The van der Waals surface area contributed by atoms with Crippen LogP contribution in [0.5, 0.6) is 0 Å². The number of amides is 4. The van der Waals surface area contributed by atoms with Crippen LogP contribution >= 0.6 is 0 Å². The van der Waals surface area contributed by atoms with Gasteiger partial charge in [-0.2, -0.15) is 0 Å². The molecule has 9 heteroatoms. The van der Waals surface area contributed by atoms with E-state index in [-0.39, 0.29) is 18.8 Å². The van der Waals surface area contributed by atoms with Crippen molar-refractivity contribution < 1.29 is 19.2 Å². The van der Waals surface area contributed by atoms with E-state index in [1.54, 1.807) is 6.92 Å². The summed E-state index contributed by atoms with van der Waals surface area (Å²) in [5, 5.41) is 4.95. The van der Waals surface area contributed by atoms with Crippen LogP contribution in [0.3, 0.4) is 0 Å². The molecule has 23 heavy (non-hydrogen) atoms. The standard InChI is InChI=1S/C14H27N5O4/c1-4-7(2)11(12(17)21)19-14(23)9(5-6-10(16)20)18-13(22)8(3)15/h7-9,11H,4-6,15H2,1-3H3,(H2,16,20)(H2,17,21)(H,18,22)(H,19,23)/t7-,8-,9-,11-/m0/s1. The molecule has 0 saturated carbocycles. The van der Waals surface area contributed by atoms with E-state index < -0.39 is 41.8 Å². The number of carbonyl (C=O) groups is 4. The maximum absolute atomic E-state index is 12.3. The Hall–Kier alpha value is -2.16. The van der Waals surface area contributed by atoms with Crippen LogP contribution in [-0.4, -0.2) is 41.8 Å². The van der Waals surface area contributed by atoms with Gasteiger partial charge in [-0.05, 0) is 19.3 Å². The fourth-order valence-electron chi connectivity index (χ4n) is 1.84. The van der Waals surface area contributed by atoms with E-state index >= 15 is 0 Å². The Morgan fingerprint density at radius 2 is 1.57 bits per heavy atom. The summed E-state index contributed by atoms with van der Waals surface area (Å²) >= 11 is 0. The van der Waals surface area contributed by atoms with Gasteiger partial charge in [0.25, 0.3) is 0 Å². The van der Waals surface area contributed by atoms with E-state index in [1.807, 2.05) is 6.92 Å². The number of nitrogens with two attached hydrogens (primary N) is 3. The van der Waals surface area contributed by atoms with Gasteiger partial charge in [-0.3, -0.25) is 19.2 Å². The maximum atomic E-state index is 12.3. The molecular weight excluding hydrogens is 302 g/mol. The molecule has 4 amide bonds. The molecule has 0 rings (SSSR count). The lowest BCUT2D eigenvalue weighted by Gasteiger charge is -2.25. The molecule has 0 aromatic carbocycles. The summed E-state index contributed by atoms with van der Waals surface area (Å²) in [6.45, 7) is 5.09. The van der Waals surface area contributed by atoms with Gasteiger partial charge in [0.15, 0.2) is 0 Å². The van der Waals surface area contributed by atoms with Crippen molar-refractivity contribution in [3.05, 3.63) is 0 Å². The molecule has 0 aliphatic carbocycles. The number of hydrogen-bond acceptors (Lipinski definition) is 5. The van der Waals surface area contributed by atoms with Gasteiger partial charge in [0.05, 0.1) is 6.04 Å². The van der Waals surface area contributed by atoms with Gasteiger partial charge in [-0.1, -0.05) is 20.3 Å². The highest BCUT2D eigenvalue weighted by molar-refractivity contribution is 5.93. The van der Waals surface area contributed by atoms with Crippen molar-refractivity contribution in [3.8, 4) is 0 Å². The number of carbonyl (C=O) groups excluding carboxylic acids is 4. The summed E-state index contributed by atoms with van der Waals surface area (Å²) in [5.74, 6) is -2.60. The molecule has 0 spiro atoms. The van der Waals surface area contributed by atoms with Crippen molar-refractivity contribution >= 4 is 23.6 Å². The average Bonchev–Trinajstić information content (AvgIpc) is 2.46. The van der Waals surface area contributed by atoms with Gasteiger partial charge in [-0.25, -0.2) is 0 Å². The summed E-state index contributed by atoms with van der Waals surface area (Å²) < 4.78 is 0. The van der Waals surface area contributed by atoms with Crippen LogP contribution in [0.2, 0.25) is 0 Å². The molecule has 0 heterocycles. The van der Waals surface area contributed by atoms with Crippen molar-refractivity contribution in [2.45, 2.75) is 58.2 Å². The Morgan fingerprint density at radius 1 is 1.00 bits per heavy atom. The minimum absolute atomic E-state index is 0.00557. The second-order valence-electron chi connectivity index (χ2n) is 5.63. The first-order chi connectivity index (χ1) is 10.6. The first-order valence-electron chi connectivity index (χ1n) is 7.54. The molecule has 8 N–H and O–H groups in total. The molecular formula is C14H27N5O4.